The van der Waals surface area contributed by atoms with E-state index in [1.54, 1.807) is 17.8 Å². The van der Waals surface area contributed by atoms with Crippen LogP contribution in [0.2, 0.25) is 5.15 Å². The number of halogens is 1. The highest BCUT2D eigenvalue weighted by Gasteiger charge is 2.44. The lowest BCUT2D eigenvalue weighted by molar-refractivity contribution is -0.141. The van der Waals surface area contributed by atoms with Gasteiger partial charge in [-0.25, -0.2) is 9.97 Å². The van der Waals surface area contributed by atoms with Crippen LogP contribution in [-0.2, 0) is 14.9 Å². The first-order valence-corrected chi connectivity index (χ1v) is 8.35. The number of carbonyl (C=O) groups is 1. The molecule has 4 nitrogen and oxygen atoms in total. The summed E-state index contributed by atoms with van der Waals surface area (Å²) in [4.78, 5) is 20.3. The summed E-state index contributed by atoms with van der Waals surface area (Å²) in [7, 11) is 1.44. The maximum atomic E-state index is 11.4. The predicted molar refractivity (Wildman–Crippen MR) is 84.8 cm³/mol. The second-order valence-electron chi connectivity index (χ2n) is 6.64. The Hall–Kier alpha value is -0.810. The first kappa shape index (κ1) is 16.6. The van der Waals surface area contributed by atoms with Crippen LogP contribution in [0.5, 0.6) is 0 Å². The van der Waals surface area contributed by atoms with E-state index < -0.39 is 0 Å². The van der Waals surface area contributed by atoms with Gasteiger partial charge in [-0.2, -0.15) is 0 Å². The number of nitrogens with zero attached hydrogens (tertiary/aromatic N) is 2. The van der Waals surface area contributed by atoms with E-state index in [1.165, 1.54) is 7.11 Å². The Morgan fingerprint density at radius 3 is 2.62 bits per heavy atom. The summed E-state index contributed by atoms with van der Waals surface area (Å²) >= 11 is 7.73. The molecule has 1 aliphatic carbocycles. The van der Waals surface area contributed by atoms with Crippen molar-refractivity contribution in [3.05, 3.63) is 17.0 Å². The van der Waals surface area contributed by atoms with Crippen LogP contribution in [0.1, 0.15) is 45.9 Å². The molecule has 116 valence electrons. The highest BCUT2D eigenvalue weighted by atomic mass is 35.5. The first-order valence-electron chi connectivity index (χ1n) is 6.99. The summed E-state index contributed by atoms with van der Waals surface area (Å²) in [6.07, 6.45) is 2.63. The molecular formula is C15H21ClN2O2S. The minimum absolute atomic E-state index is 0.0804. The lowest BCUT2D eigenvalue weighted by Crippen LogP contribution is -2.17. The highest BCUT2D eigenvalue weighted by Crippen LogP contribution is 2.52. The van der Waals surface area contributed by atoms with Crippen molar-refractivity contribution in [3.8, 4) is 0 Å². The second-order valence-corrected chi connectivity index (χ2v) is 8.03. The van der Waals surface area contributed by atoms with Crippen LogP contribution in [0.25, 0.3) is 0 Å². The molecule has 0 bridgehead atoms. The maximum Gasteiger partial charge on any atom is 0.306 e. The zero-order valence-electron chi connectivity index (χ0n) is 12.9. The molecule has 1 aromatic heterocycles. The quantitative estimate of drug-likeness (QED) is 0.466. The molecule has 1 aromatic rings. The fourth-order valence-corrected chi connectivity index (χ4v) is 3.40. The van der Waals surface area contributed by atoms with E-state index in [1.807, 2.05) is 0 Å². The molecule has 1 saturated carbocycles. The molecule has 1 heterocycles. The molecule has 1 aliphatic rings. The smallest absolute Gasteiger partial charge is 0.306 e. The van der Waals surface area contributed by atoms with Crippen molar-refractivity contribution >= 4 is 29.3 Å². The van der Waals surface area contributed by atoms with Gasteiger partial charge in [0.1, 0.15) is 16.0 Å². The van der Waals surface area contributed by atoms with Crippen molar-refractivity contribution in [2.45, 2.75) is 50.5 Å². The van der Waals surface area contributed by atoms with Crippen LogP contribution in [0.4, 0.5) is 0 Å². The number of esters is 1. The fraction of sp³-hybridized carbons (Fsp3) is 0.667. The molecule has 0 aromatic carbocycles. The number of aromatic nitrogens is 2. The van der Waals surface area contributed by atoms with Crippen molar-refractivity contribution < 1.29 is 9.53 Å². The van der Waals surface area contributed by atoms with Crippen molar-refractivity contribution in [1.82, 2.24) is 9.97 Å². The molecule has 0 N–H and O–H groups in total. The van der Waals surface area contributed by atoms with Gasteiger partial charge in [0.25, 0.3) is 0 Å². The normalized spacial score (nSPS) is 16.6. The topological polar surface area (TPSA) is 52.1 Å². The number of hydrogen-bond acceptors (Lipinski definition) is 5. The van der Waals surface area contributed by atoms with Gasteiger partial charge in [-0.05, 0) is 18.3 Å². The molecule has 0 radical (unpaired) electrons. The zero-order valence-corrected chi connectivity index (χ0v) is 14.5. The molecule has 2 rings (SSSR count). The number of hydrogen-bond donors (Lipinski definition) is 0. The highest BCUT2D eigenvalue weighted by molar-refractivity contribution is 7.99. The molecule has 0 atom stereocenters. The van der Waals surface area contributed by atoms with Crippen LogP contribution in [-0.4, -0.2) is 28.8 Å². The van der Waals surface area contributed by atoms with Crippen LogP contribution in [0.3, 0.4) is 0 Å². The van der Waals surface area contributed by atoms with Crippen molar-refractivity contribution in [2.24, 2.45) is 5.41 Å². The number of methoxy groups -OCH3 is 1. The van der Waals surface area contributed by atoms with Gasteiger partial charge >= 0.3 is 5.97 Å². The third-order valence-corrected chi connectivity index (χ3v) is 5.03. The fourth-order valence-electron chi connectivity index (χ4n) is 1.96. The number of ether oxygens (including phenoxy) is 1. The largest absolute Gasteiger partial charge is 0.469 e. The van der Waals surface area contributed by atoms with Crippen LogP contribution >= 0.6 is 23.4 Å². The van der Waals surface area contributed by atoms with Crippen molar-refractivity contribution in [2.75, 3.05) is 12.9 Å². The molecule has 6 heteroatoms. The van der Waals surface area contributed by atoms with Gasteiger partial charge in [-0.15, -0.1) is 11.8 Å². The summed E-state index contributed by atoms with van der Waals surface area (Å²) in [5.41, 5.74) is -0.0550. The van der Waals surface area contributed by atoms with E-state index >= 15 is 0 Å². The van der Waals surface area contributed by atoms with Crippen LogP contribution in [0.15, 0.2) is 11.1 Å². The van der Waals surface area contributed by atoms with Gasteiger partial charge in [0.2, 0.25) is 0 Å². The Labute approximate surface area is 135 Å². The zero-order chi connectivity index (χ0) is 15.7. The number of rotatable bonds is 5. The lowest BCUT2D eigenvalue weighted by Gasteiger charge is -2.18. The van der Waals surface area contributed by atoms with Gasteiger partial charge in [-0.3, -0.25) is 4.79 Å². The van der Waals surface area contributed by atoms with Gasteiger partial charge in [0.05, 0.1) is 13.5 Å². The standard InChI is InChI=1S/C15H21ClN2O2S/c1-14(2,3)13-17-10(16)7-11(18-13)21-9-15(5-6-15)8-12(19)20-4/h7H,5-6,8-9H2,1-4H3. The minimum atomic E-state index is -0.135. The summed E-state index contributed by atoms with van der Waals surface area (Å²) in [6, 6.07) is 1.79. The predicted octanol–water partition coefficient (Wildman–Crippen LogP) is 3.86. The molecule has 0 unspecified atom stereocenters. The van der Waals surface area contributed by atoms with Gasteiger partial charge in [-0.1, -0.05) is 32.4 Å². The van der Waals surface area contributed by atoms with Crippen LogP contribution < -0.4 is 0 Å². The summed E-state index contributed by atoms with van der Waals surface area (Å²) in [6.45, 7) is 6.19. The van der Waals surface area contributed by atoms with Crippen molar-refractivity contribution in [3.63, 3.8) is 0 Å². The van der Waals surface area contributed by atoms with Crippen molar-refractivity contribution in [1.29, 1.82) is 0 Å². The number of carbonyl (C=O) groups excluding carboxylic acids is 1. The third kappa shape index (κ3) is 4.58. The maximum absolute atomic E-state index is 11.4. The second kappa shape index (κ2) is 6.13. The minimum Gasteiger partial charge on any atom is -0.469 e. The van der Waals surface area contributed by atoms with E-state index in [9.17, 15) is 4.79 Å². The first-order chi connectivity index (χ1) is 9.74. The molecule has 0 spiro atoms. The Balaban J connectivity index is 2.04. The van der Waals surface area contributed by atoms with Gasteiger partial charge in [0, 0.05) is 17.2 Å². The van der Waals surface area contributed by atoms with Gasteiger partial charge in [0.15, 0.2) is 0 Å². The average Bonchev–Trinajstić information content (AvgIpc) is 3.15. The molecular weight excluding hydrogens is 308 g/mol. The van der Waals surface area contributed by atoms with E-state index in [2.05, 4.69) is 30.7 Å². The summed E-state index contributed by atoms with van der Waals surface area (Å²) < 4.78 is 4.77. The number of thioether (sulfide) groups is 1. The van der Waals surface area contributed by atoms with E-state index in [-0.39, 0.29) is 16.8 Å². The van der Waals surface area contributed by atoms with Gasteiger partial charge < -0.3 is 4.74 Å². The molecule has 0 amide bonds. The Bertz CT molecular complexity index is 539. The van der Waals surface area contributed by atoms with E-state index in [0.29, 0.717) is 11.6 Å². The van der Waals surface area contributed by atoms with Crippen LogP contribution in [0, 0.1) is 5.41 Å². The Kier molecular flexibility index (Phi) is 4.83. The Morgan fingerprint density at radius 1 is 1.43 bits per heavy atom. The lowest BCUT2D eigenvalue weighted by atomic mass is 9.96. The third-order valence-electron chi connectivity index (χ3n) is 3.57. The monoisotopic (exact) mass is 328 g/mol. The van der Waals surface area contributed by atoms with E-state index in [0.717, 1.165) is 29.4 Å². The summed E-state index contributed by atoms with van der Waals surface area (Å²) in [5, 5.41) is 1.34. The SMILES string of the molecule is COC(=O)CC1(CSc2cc(Cl)nc(C(C)(C)C)n2)CC1. The molecule has 0 aliphatic heterocycles. The average molecular weight is 329 g/mol. The molecule has 21 heavy (non-hydrogen) atoms. The van der Waals surface area contributed by atoms with E-state index in [4.69, 9.17) is 16.3 Å². The molecule has 1 fully saturated rings. The summed E-state index contributed by atoms with van der Waals surface area (Å²) in [5.74, 6) is 1.47. The molecule has 0 saturated heterocycles. The Morgan fingerprint density at radius 2 is 2.10 bits per heavy atom.